The standard InChI is InChI=1S/C27H18N2O5S/c1-33-17-11-12-18-21(14-17)35-27(28-18)29-23(15-7-3-2-4-8-15)22(25(31)26(29)32)24(30)20-13-16-9-5-6-10-19(16)34-20/h2-14,23,31H,1H3. The first-order chi connectivity index (χ1) is 17.0. The first kappa shape index (κ1) is 21.1. The highest BCUT2D eigenvalue weighted by Gasteiger charge is 2.46. The Labute approximate surface area is 203 Å². The molecule has 1 aliphatic heterocycles. The zero-order valence-corrected chi connectivity index (χ0v) is 19.3. The summed E-state index contributed by atoms with van der Waals surface area (Å²) in [7, 11) is 1.58. The number of ketones is 1. The molecule has 1 atom stereocenters. The van der Waals surface area contributed by atoms with Gasteiger partial charge in [0, 0.05) is 5.39 Å². The van der Waals surface area contributed by atoms with Crippen molar-refractivity contribution in [3.63, 3.8) is 0 Å². The molecule has 1 unspecified atom stereocenters. The topological polar surface area (TPSA) is 92.9 Å². The van der Waals surface area contributed by atoms with Crippen LogP contribution in [0.4, 0.5) is 5.13 Å². The van der Waals surface area contributed by atoms with Crippen molar-refractivity contribution in [1.82, 2.24) is 4.98 Å². The van der Waals surface area contributed by atoms with E-state index in [-0.39, 0.29) is 11.3 Å². The molecule has 6 rings (SSSR count). The van der Waals surface area contributed by atoms with Crippen LogP contribution in [0, 0.1) is 0 Å². The normalized spacial score (nSPS) is 16.0. The maximum Gasteiger partial charge on any atom is 0.296 e. The van der Waals surface area contributed by atoms with E-state index in [0.29, 0.717) is 27.5 Å². The molecule has 0 fully saturated rings. The van der Waals surface area contributed by atoms with Crippen LogP contribution >= 0.6 is 11.3 Å². The lowest BCUT2D eigenvalue weighted by molar-refractivity contribution is -0.117. The first-order valence-electron chi connectivity index (χ1n) is 10.8. The Kier molecular flexibility index (Phi) is 4.89. The van der Waals surface area contributed by atoms with E-state index in [1.807, 2.05) is 54.6 Å². The van der Waals surface area contributed by atoms with Gasteiger partial charge in [-0.15, -0.1) is 0 Å². The van der Waals surface area contributed by atoms with Crippen LogP contribution in [0.1, 0.15) is 22.2 Å². The van der Waals surface area contributed by atoms with Gasteiger partial charge in [-0.25, -0.2) is 4.98 Å². The van der Waals surface area contributed by atoms with Crippen LogP contribution < -0.4 is 9.64 Å². The number of para-hydroxylation sites is 1. The summed E-state index contributed by atoms with van der Waals surface area (Å²) >= 11 is 1.28. The van der Waals surface area contributed by atoms with Gasteiger partial charge in [-0.1, -0.05) is 59.9 Å². The van der Waals surface area contributed by atoms with E-state index in [1.54, 1.807) is 31.4 Å². The lowest BCUT2D eigenvalue weighted by Crippen LogP contribution is -2.30. The number of amides is 1. The van der Waals surface area contributed by atoms with E-state index in [4.69, 9.17) is 9.15 Å². The second-order valence-corrected chi connectivity index (χ2v) is 9.07. The van der Waals surface area contributed by atoms with Crippen molar-refractivity contribution in [3.8, 4) is 5.75 Å². The minimum atomic E-state index is -0.869. The van der Waals surface area contributed by atoms with Gasteiger partial charge in [-0.05, 0) is 35.9 Å². The molecule has 2 aromatic heterocycles. The summed E-state index contributed by atoms with van der Waals surface area (Å²) in [6.07, 6.45) is 0. The number of benzene rings is 3. The molecule has 0 spiro atoms. The third kappa shape index (κ3) is 3.38. The van der Waals surface area contributed by atoms with Crippen molar-refractivity contribution < 1.29 is 23.8 Å². The average molecular weight is 483 g/mol. The Balaban J connectivity index is 1.49. The van der Waals surface area contributed by atoms with E-state index < -0.39 is 23.5 Å². The zero-order chi connectivity index (χ0) is 24.1. The van der Waals surface area contributed by atoms with Gasteiger partial charge in [0.1, 0.15) is 11.3 Å². The second kappa shape index (κ2) is 8.11. The maximum atomic E-state index is 13.7. The van der Waals surface area contributed by atoms with Gasteiger partial charge >= 0.3 is 0 Å². The molecule has 5 aromatic rings. The number of furan rings is 1. The molecule has 172 valence electrons. The van der Waals surface area contributed by atoms with Gasteiger partial charge < -0.3 is 14.3 Å². The van der Waals surface area contributed by atoms with Crippen LogP contribution in [-0.4, -0.2) is 28.9 Å². The SMILES string of the molecule is COc1ccc2nc(N3C(=O)C(O)=C(C(=O)c4cc5ccccc5o4)C3c3ccccc3)sc2c1. The minimum absolute atomic E-state index is 0.0444. The summed E-state index contributed by atoms with van der Waals surface area (Å²) in [5.41, 5.74) is 1.86. The van der Waals surface area contributed by atoms with E-state index >= 15 is 0 Å². The molecule has 0 aliphatic carbocycles. The number of aromatic nitrogens is 1. The maximum absolute atomic E-state index is 13.7. The fourth-order valence-corrected chi connectivity index (χ4v) is 5.36. The predicted molar refractivity (Wildman–Crippen MR) is 133 cm³/mol. The Bertz CT molecular complexity index is 1620. The number of rotatable bonds is 5. The highest BCUT2D eigenvalue weighted by Crippen LogP contribution is 2.44. The molecule has 0 saturated heterocycles. The molecule has 7 nitrogen and oxygen atoms in total. The lowest BCUT2D eigenvalue weighted by atomic mass is 9.95. The molecule has 35 heavy (non-hydrogen) atoms. The van der Waals surface area contributed by atoms with Crippen molar-refractivity contribution in [1.29, 1.82) is 0 Å². The number of methoxy groups -OCH3 is 1. The number of fused-ring (bicyclic) bond motifs is 2. The number of Topliss-reactive ketones (excluding diaryl/α,β-unsaturated/α-hetero) is 1. The number of nitrogens with zero attached hydrogens (tertiary/aromatic N) is 2. The molecule has 0 bridgehead atoms. The Morgan fingerprint density at radius 2 is 1.83 bits per heavy atom. The second-order valence-electron chi connectivity index (χ2n) is 8.06. The number of anilines is 1. The summed E-state index contributed by atoms with van der Waals surface area (Å²) in [5, 5.41) is 12.1. The largest absolute Gasteiger partial charge is 0.503 e. The molecule has 1 amide bonds. The molecule has 1 aliphatic rings. The van der Waals surface area contributed by atoms with Crippen LogP contribution in [0.5, 0.6) is 5.75 Å². The highest BCUT2D eigenvalue weighted by molar-refractivity contribution is 7.22. The molecule has 0 radical (unpaired) electrons. The third-order valence-corrected chi connectivity index (χ3v) is 7.03. The fourth-order valence-electron chi connectivity index (χ4n) is 4.33. The average Bonchev–Trinajstić information content (AvgIpc) is 3.57. The van der Waals surface area contributed by atoms with Crippen molar-refractivity contribution in [3.05, 3.63) is 102 Å². The zero-order valence-electron chi connectivity index (χ0n) is 18.5. The number of aliphatic hydroxyl groups excluding tert-OH is 1. The summed E-state index contributed by atoms with van der Waals surface area (Å²) < 4.78 is 11.9. The number of hydrogen-bond acceptors (Lipinski definition) is 7. The summed E-state index contributed by atoms with van der Waals surface area (Å²) in [4.78, 5) is 33.0. The number of hydrogen-bond donors (Lipinski definition) is 1. The van der Waals surface area contributed by atoms with E-state index in [9.17, 15) is 14.7 Å². The van der Waals surface area contributed by atoms with Crippen LogP contribution in [0.2, 0.25) is 0 Å². The summed E-state index contributed by atoms with van der Waals surface area (Å²) in [6, 6.07) is 22.5. The van der Waals surface area contributed by atoms with Gasteiger partial charge in [-0.3, -0.25) is 14.5 Å². The molecule has 8 heteroatoms. The van der Waals surface area contributed by atoms with Crippen LogP contribution in [0.15, 0.2) is 94.6 Å². The van der Waals surface area contributed by atoms with Crippen LogP contribution in [0.3, 0.4) is 0 Å². The first-order valence-corrected chi connectivity index (χ1v) is 11.7. The van der Waals surface area contributed by atoms with Gasteiger partial charge in [0.2, 0.25) is 5.78 Å². The molecule has 0 saturated carbocycles. The molecule has 3 aromatic carbocycles. The molecular formula is C27H18N2O5S. The van der Waals surface area contributed by atoms with Gasteiger partial charge in [0.25, 0.3) is 5.91 Å². The predicted octanol–water partition coefficient (Wildman–Crippen LogP) is 5.83. The number of thiazole rings is 1. The smallest absolute Gasteiger partial charge is 0.296 e. The van der Waals surface area contributed by atoms with E-state index in [2.05, 4.69) is 4.98 Å². The van der Waals surface area contributed by atoms with Gasteiger partial charge in [0.05, 0.1) is 28.9 Å². The Hall–Kier alpha value is -4.43. The molecule has 1 N–H and O–H groups in total. The van der Waals surface area contributed by atoms with E-state index in [1.165, 1.54) is 16.2 Å². The number of aliphatic hydroxyl groups is 1. The van der Waals surface area contributed by atoms with Crippen molar-refractivity contribution in [2.24, 2.45) is 0 Å². The van der Waals surface area contributed by atoms with E-state index in [0.717, 1.165) is 10.1 Å². The monoisotopic (exact) mass is 482 g/mol. The quantitative estimate of drug-likeness (QED) is 0.317. The van der Waals surface area contributed by atoms with Gasteiger partial charge in [0.15, 0.2) is 16.7 Å². The Morgan fingerprint density at radius 3 is 2.60 bits per heavy atom. The Morgan fingerprint density at radius 1 is 1.06 bits per heavy atom. The summed E-state index contributed by atoms with van der Waals surface area (Å²) in [6.45, 7) is 0. The van der Waals surface area contributed by atoms with Crippen molar-refractivity contribution in [2.45, 2.75) is 6.04 Å². The molecular weight excluding hydrogens is 464 g/mol. The van der Waals surface area contributed by atoms with Crippen LogP contribution in [-0.2, 0) is 4.79 Å². The fraction of sp³-hybridized carbons (Fsp3) is 0.0741. The van der Waals surface area contributed by atoms with Crippen molar-refractivity contribution in [2.75, 3.05) is 12.0 Å². The number of carbonyl (C=O) groups is 2. The van der Waals surface area contributed by atoms with Crippen molar-refractivity contribution >= 4 is 49.3 Å². The van der Waals surface area contributed by atoms with Gasteiger partial charge in [-0.2, -0.15) is 0 Å². The third-order valence-electron chi connectivity index (χ3n) is 6.01. The highest BCUT2D eigenvalue weighted by atomic mass is 32.1. The summed E-state index contributed by atoms with van der Waals surface area (Å²) in [5.74, 6) is -1.13. The molecule has 3 heterocycles. The van der Waals surface area contributed by atoms with Crippen LogP contribution in [0.25, 0.3) is 21.2 Å². The number of carbonyl (C=O) groups excluding carboxylic acids is 2. The lowest BCUT2D eigenvalue weighted by Gasteiger charge is -2.24. The minimum Gasteiger partial charge on any atom is -0.503 e. The number of ether oxygens (including phenoxy) is 1.